The van der Waals surface area contributed by atoms with E-state index in [2.05, 4.69) is 5.10 Å². The Kier molecular flexibility index (Phi) is 5.74. The largest absolute Gasteiger partial charge is 0.421 e. The maximum absolute atomic E-state index is 14.5. The van der Waals surface area contributed by atoms with E-state index in [-0.39, 0.29) is 36.2 Å². The molecule has 3 heterocycles. The van der Waals surface area contributed by atoms with Gasteiger partial charge in [-0.05, 0) is 43.0 Å². The van der Waals surface area contributed by atoms with Gasteiger partial charge in [-0.2, -0.15) is 18.3 Å². The average Bonchev–Trinajstić information content (AvgIpc) is 2.75. The number of carbonyl (C=O) groups is 2. The summed E-state index contributed by atoms with van der Waals surface area (Å²) in [6.07, 6.45) is -2.36. The van der Waals surface area contributed by atoms with Crippen LogP contribution in [-0.2, 0) is 17.4 Å². The van der Waals surface area contributed by atoms with E-state index in [1.54, 1.807) is 4.90 Å². The molecular weight excluding hydrogens is 432 g/mol. The lowest BCUT2D eigenvalue weighted by atomic mass is 9.98. The second-order valence-electron chi connectivity index (χ2n) is 8.01. The number of aromatic amines is 1. The third-order valence-corrected chi connectivity index (χ3v) is 5.80. The minimum atomic E-state index is -4.84. The van der Waals surface area contributed by atoms with Crippen LogP contribution in [0.2, 0.25) is 0 Å². The van der Waals surface area contributed by atoms with E-state index in [0.29, 0.717) is 24.7 Å². The van der Waals surface area contributed by atoms with Crippen molar-refractivity contribution in [1.29, 1.82) is 0 Å². The zero-order valence-corrected chi connectivity index (χ0v) is 16.9. The zero-order valence-electron chi connectivity index (χ0n) is 16.9. The van der Waals surface area contributed by atoms with Gasteiger partial charge in [0.15, 0.2) is 0 Å². The molecule has 1 N–H and O–H groups in total. The monoisotopic (exact) mass is 452 g/mol. The molecule has 7 nitrogen and oxygen atoms in total. The van der Waals surface area contributed by atoms with Gasteiger partial charge >= 0.3 is 6.18 Å². The van der Waals surface area contributed by atoms with Crippen LogP contribution in [0.15, 0.2) is 29.1 Å². The molecule has 1 aromatic carbocycles. The van der Waals surface area contributed by atoms with Crippen molar-refractivity contribution in [2.75, 3.05) is 19.6 Å². The standard InChI is InChI=1S/C21H20F4N4O3/c22-17-5-4-12(7-13-9-16(21(23,24)25)19(31)27-26-13)8-15(17)20(32)28-10-14-3-1-2-6-29(14)18(30)11-28/h4-5,8-9,14H,1-3,6-7,10-11H2,(H,27,31)/t14-/m1/s1. The summed E-state index contributed by atoms with van der Waals surface area (Å²) in [5, 5.41) is 5.42. The summed E-state index contributed by atoms with van der Waals surface area (Å²) in [5.74, 6) is -1.61. The van der Waals surface area contributed by atoms with Crippen molar-refractivity contribution < 1.29 is 27.2 Å². The second kappa shape index (κ2) is 8.36. The van der Waals surface area contributed by atoms with Crippen LogP contribution in [0, 0.1) is 5.82 Å². The fraction of sp³-hybridized carbons (Fsp3) is 0.429. The van der Waals surface area contributed by atoms with E-state index in [1.807, 2.05) is 5.10 Å². The summed E-state index contributed by atoms with van der Waals surface area (Å²) in [4.78, 5) is 39.9. The average molecular weight is 452 g/mol. The number of amides is 2. The molecular formula is C21H20F4N4O3. The predicted octanol–water partition coefficient (Wildman–Crippen LogP) is 2.36. The lowest BCUT2D eigenvalue weighted by Crippen LogP contribution is -2.59. The molecule has 2 aromatic rings. The van der Waals surface area contributed by atoms with E-state index in [9.17, 15) is 31.9 Å². The molecule has 2 amide bonds. The molecule has 0 bridgehead atoms. The van der Waals surface area contributed by atoms with Crippen LogP contribution in [0.1, 0.15) is 46.4 Å². The molecule has 1 atom stereocenters. The highest BCUT2D eigenvalue weighted by Gasteiger charge is 2.37. The van der Waals surface area contributed by atoms with Crippen molar-refractivity contribution in [2.24, 2.45) is 0 Å². The summed E-state index contributed by atoms with van der Waals surface area (Å²) < 4.78 is 53.4. The maximum atomic E-state index is 14.5. The molecule has 170 valence electrons. The normalized spacial score (nSPS) is 19.1. The van der Waals surface area contributed by atoms with Crippen LogP contribution in [0.5, 0.6) is 0 Å². The Bertz CT molecular complexity index is 1110. The number of nitrogens with one attached hydrogen (secondary N) is 1. The lowest BCUT2D eigenvalue weighted by Gasteiger charge is -2.43. The SMILES string of the molecule is O=C(c1cc(Cc2cc(C(F)(F)F)c(=O)[nH]n2)ccc1F)N1CC(=O)N2CCCC[C@@H]2C1. The number of piperidine rings is 1. The Morgan fingerprint density at radius 1 is 1.19 bits per heavy atom. The third-order valence-electron chi connectivity index (χ3n) is 5.80. The summed E-state index contributed by atoms with van der Waals surface area (Å²) in [6, 6.07) is 4.17. The molecule has 2 aliphatic rings. The van der Waals surface area contributed by atoms with Crippen LogP contribution in [-0.4, -0.2) is 57.5 Å². The van der Waals surface area contributed by atoms with E-state index in [0.717, 1.165) is 25.3 Å². The quantitative estimate of drug-likeness (QED) is 0.725. The number of carbonyl (C=O) groups excluding carboxylic acids is 2. The van der Waals surface area contributed by atoms with Crippen LogP contribution in [0.4, 0.5) is 17.6 Å². The van der Waals surface area contributed by atoms with Crippen LogP contribution >= 0.6 is 0 Å². The van der Waals surface area contributed by atoms with E-state index in [1.165, 1.54) is 17.0 Å². The number of alkyl halides is 3. The minimum absolute atomic E-state index is 0.0899. The predicted molar refractivity (Wildman–Crippen MR) is 104 cm³/mol. The van der Waals surface area contributed by atoms with Crippen LogP contribution in [0.3, 0.4) is 0 Å². The van der Waals surface area contributed by atoms with Crippen molar-refractivity contribution in [3.8, 4) is 0 Å². The smallest absolute Gasteiger partial charge is 0.336 e. The molecule has 0 spiro atoms. The Morgan fingerprint density at radius 2 is 1.97 bits per heavy atom. The van der Waals surface area contributed by atoms with Gasteiger partial charge in [-0.1, -0.05) is 6.07 Å². The minimum Gasteiger partial charge on any atom is -0.336 e. The molecule has 0 aliphatic carbocycles. The van der Waals surface area contributed by atoms with Gasteiger partial charge in [0.05, 0.1) is 11.3 Å². The fourth-order valence-corrected chi connectivity index (χ4v) is 4.22. The summed E-state index contributed by atoms with van der Waals surface area (Å²) >= 11 is 0. The van der Waals surface area contributed by atoms with Crippen molar-refractivity contribution >= 4 is 11.8 Å². The molecule has 2 aliphatic heterocycles. The van der Waals surface area contributed by atoms with Crippen molar-refractivity contribution in [3.63, 3.8) is 0 Å². The zero-order chi connectivity index (χ0) is 23.0. The summed E-state index contributed by atoms with van der Waals surface area (Å²) in [7, 11) is 0. The number of H-pyrrole nitrogens is 1. The number of hydrogen-bond acceptors (Lipinski definition) is 4. The van der Waals surface area contributed by atoms with Gasteiger partial charge in [0, 0.05) is 25.6 Å². The van der Waals surface area contributed by atoms with Gasteiger partial charge in [0.2, 0.25) is 5.91 Å². The van der Waals surface area contributed by atoms with Crippen LogP contribution < -0.4 is 5.56 Å². The number of nitrogens with zero attached hydrogens (tertiary/aromatic N) is 3. The van der Waals surface area contributed by atoms with Crippen molar-refractivity contribution in [3.05, 3.63) is 62.8 Å². The summed E-state index contributed by atoms with van der Waals surface area (Å²) in [6.45, 7) is 0.821. The number of piperazine rings is 1. The van der Waals surface area contributed by atoms with Gasteiger partial charge < -0.3 is 9.80 Å². The number of hydrogen-bond donors (Lipinski definition) is 1. The van der Waals surface area contributed by atoms with Crippen molar-refractivity contribution in [1.82, 2.24) is 20.0 Å². The molecule has 0 unspecified atom stereocenters. The molecule has 1 aromatic heterocycles. The molecule has 0 radical (unpaired) electrons. The Hall–Kier alpha value is -3.24. The molecule has 11 heteroatoms. The summed E-state index contributed by atoms with van der Waals surface area (Å²) in [5.41, 5.74) is -2.76. The Balaban J connectivity index is 1.56. The first-order chi connectivity index (χ1) is 15.1. The number of fused-ring (bicyclic) bond motifs is 1. The van der Waals surface area contributed by atoms with Gasteiger partial charge in [-0.25, -0.2) is 9.49 Å². The number of rotatable bonds is 3. The van der Waals surface area contributed by atoms with E-state index < -0.39 is 29.0 Å². The number of benzene rings is 1. The molecule has 2 fully saturated rings. The highest BCUT2D eigenvalue weighted by molar-refractivity contribution is 5.97. The molecule has 4 rings (SSSR count). The molecule has 32 heavy (non-hydrogen) atoms. The van der Waals surface area contributed by atoms with E-state index >= 15 is 0 Å². The first-order valence-corrected chi connectivity index (χ1v) is 10.2. The second-order valence-corrected chi connectivity index (χ2v) is 8.01. The topological polar surface area (TPSA) is 86.4 Å². The molecule has 2 saturated heterocycles. The Morgan fingerprint density at radius 3 is 2.72 bits per heavy atom. The highest BCUT2D eigenvalue weighted by Crippen LogP contribution is 2.27. The van der Waals surface area contributed by atoms with Crippen molar-refractivity contribution in [2.45, 2.75) is 37.9 Å². The number of halogens is 4. The first-order valence-electron chi connectivity index (χ1n) is 10.2. The van der Waals surface area contributed by atoms with Crippen LogP contribution in [0.25, 0.3) is 0 Å². The van der Waals surface area contributed by atoms with Gasteiger partial charge in [-0.3, -0.25) is 14.4 Å². The fourth-order valence-electron chi connectivity index (χ4n) is 4.22. The molecule has 0 saturated carbocycles. The first kappa shape index (κ1) is 22.0. The van der Waals surface area contributed by atoms with Gasteiger partial charge in [0.1, 0.15) is 17.9 Å². The number of aromatic nitrogens is 2. The Labute approximate surface area is 180 Å². The highest BCUT2D eigenvalue weighted by atomic mass is 19.4. The third kappa shape index (κ3) is 4.37. The lowest BCUT2D eigenvalue weighted by molar-refractivity contribution is -0.140. The van der Waals surface area contributed by atoms with Gasteiger partial charge in [0.25, 0.3) is 11.5 Å². The maximum Gasteiger partial charge on any atom is 0.421 e. The van der Waals surface area contributed by atoms with E-state index in [4.69, 9.17) is 0 Å². The van der Waals surface area contributed by atoms with Gasteiger partial charge in [-0.15, -0.1) is 0 Å².